The van der Waals surface area contributed by atoms with Gasteiger partial charge >= 0.3 is 5.00 Å². The number of nitrogens with zero attached hydrogens (tertiary/aromatic N) is 3. The summed E-state index contributed by atoms with van der Waals surface area (Å²) in [5.74, 6) is 0.613. The van der Waals surface area contributed by atoms with Crippen molar-refractivity contribution in [3.05, 3.63) is 43.1 Å². The smallest absolute Gasteiger partial charge is 0.258 e. The minimum atomic E-state index is -0.404. The molecule has 1 aliphatic rings. The van der Waals surface area contributed by atoms with Crippen molar-refractivity contribution in [2.75, 3.05) is 0 Å². The fraction of sp³-hybridized carbons (Fsp3) is 0.444. The topological polar surface area (TPSA) is 79.3 Å². The molecule has 0 radical (unpaired) electrons. The average Bonchev–Trinajstić information content (AvgIpc) is 3.15. The Kier molecular flexibility index (Phi) is 4.76. The molecule has 1 aliphatic carbocycles. The number of rotatable bonds is 3. The van der Waals surface area contributed by atoms with Gasteiger partial charge in [0.1, 0.15) is 11.1 Å². The predicted octanol–water partition coefficient (Wildman–Crippen LogP) is 5.49. The fourth-order valence-electron chi connectivity index (χ4n) is 3.15. The van der Waals surface area contributed by atoms with Gasteiger partial charge < -0.3 is 0 Å². The maximum atomic E-state index is 10.8. The van der Waals surface area contributed by atoms with E-state index in [4.69, 9.17) is 0 Å². The molecule has 0 aromatic carbocycles. The van der Waals surface area contributed by atoms with Gasteiger partial charge in [-0.2, -0.15) is 5.26 Å². The molecule has 130 valence electrons. The van der Waals surface area contributed by atoms with Gasteiger partial charge in [-0.15, -0.1) is 11.3 Å². The number of thiophene rings is 2. The van der Waals surface area contributed by atoms with E-state index >= 15 is 0 Å². The molecular formula is C18H19N3O2S2. The van der Waals surface area contributed by atoms with E-state index in [-0.39, 0.29) is 10.4 Å². The van der Waals surface area contributed by atoms with Gasteiger partial charge in [-0.25, -0.2) is 4.99 Å². The Morgan fingerprint density at radius 3 is 2.76 bits per heavy atom. The Morgan fingerprint density at radius 2 is 2.16 bits per heavy atom. The summed E-state index contributed by atoms with van der Waals surface area (Å²) >= 11 is 2.67. The third kappa shape index (κ3) is 3.65. The van der Waals surface area contributed by atoms with Crippen LogP contribution in [-0.4, -0.2) is 11.1 Å². The van der Waals surface area contributed by atoms with Crippen molar-refractivity contribution in [1.29, 1.82) is 5.26 Å². The van der Waals surface area contributed by atoms with Crippen LogP contribution in [0.25, 0.3) is 0 Å². The second-order valence-corrected chi connectivity index (χ2v) is 9.47. The molecule has 0 amide bonds. The van der Waals surface area contributed by atoms with E-state index in [2.05, 4.69) is 31.8 Å². The molecular weight excluding hydrogens is 354 g/mol. The Bertz CT molecular complexity index is 881. The molecule has 2 aromatic heterocycles. The zero-order valence-electron chi connectivity index (χ0n) is 14.4. The number of hydrogen-bond acceptors (Lipinski definition) is 6. The maximum absolute atomic E-state index is 10.8. The zero-order chi connectivity index (χ0) is 18.2. The molecule has 0 saturated heterocycles. The zero-order valence-corrected chi connectivity index (χ0v) is 16.0. The molecule has 0 aliphatic heterocycles. The SMILES string of the molecule is CC(C)(C)C1CCc2c(sc(/N=C/c3ccc([N+](=O)[O-])s3)c2C#N)C1. The minimum Gasteiger partial charge on any atom is -0.258 e. The van der Waals surface area contributed by atoms with Crippen LogP contribution in [0.2, 0.25) is 0 Å². The molecule has 7 heteroatoms. The van der Waals surface area contributed by atoms with E-state index in [9.17, 15) is 15.4 Å². The molecule has 25 heavy (non-hydrogen) atoms. The van der Waals surface area contributed by atoms with Crippen molar-refractivity contribution in [2.24, 2.45) is 16.3 Å². The van der Waals surface area contributed by atoms with Crippen LogP contribution in [-0.2, 0) is 12.8 Å². The Hall–Kier alpha value is -2.04. The first-order chi connectivity index (χ1) is 11.8. The van der Waals surface area contributed by atoms with Crippen LogP contribution in [0.15, 0.2) is 17.1 Å². The third-order valence-corrected chi connectivity index (χ3v) is 6.82. The summed E-state index contributed by atoms with van der Waals surface area (Å²) in [5, 5.41) is 21.1. The van der Waals surface area contributed by atoms with Crippen LogP contribution >= 0.6 is 22.7 Å². The summed E-state index contributed by atoms with van der Waals surface area (Å²) in [4.78, 5) is 16.8. The predicted molar refractivity (Wildman–Crippen MR) is 102 cm³/mol. The first kappa shape index (κ1) is 17.8. The van der Waals surface area contributed by atoms with Crippen LogP contribution in [0.3, 0.4) is 0 Å². The van der Waals surface area contributed by atoms with Crippen molar-refractivity contribution in [3.63, 3.8) is 0 Å². The second-order valence-electron chi connectivity index (χ2n) is 7.29. The first-order valence-electron chi connectivity index (χ1n) is 8.12. The molecule has 1 unspecified atom stereocenters. The lowest BCUT2D eigenvalue weighted by molar-refractivity contribution is -0.380. The highest BCUT2D eigenvalue weighted by atomic mass is 32.1. The summed E-state index contributed by atoms with van der Waals surface area (Å²) in [5.41, 5.74) is 2.08. The van der Waals surface area contributed by atoms with Crippen molar-refractivity contribution in [2.45, 2.75) is 40.0 Å². The van der Waals surface area contributed by atoms with Gasteiger partial charge in [0.25, 0.3) is 0 Å². The highest BCUT2D eigenvalue weighted by molar-refractivity contribution is 7.17. The van der Waals surface area contributed by atoms with Gasteiger partial charge in [0.05, 0.1) is 15.4 Å². The minimum absolute atomic E-state index is 0.0976. The maximum Gasteiger partial charge on any atom is 0.324 e. The van der Waals surface area contributed by atoms with E-state index in [1.165, 1.54) is 10.9 Å². The van der Waals surface area contributed by atoms with Crippen LogP contribution in [0.4, 0.5) is 10.0 Å². The van der Waals surface area contributed by atoms with Crippen LogP contribution in [0.5, 0.6) is 0 Å². The van der Waals surface area contributed by atoms with E-state index in [1.807, 2.05) is 0 Å². The van der Waals surface area contributed by atoms with Gasteiger partial charge in [-0.3, -0.25) is 10.1 Å². The van der Waals surface area contributed by atoms with Crippen molar-refractivity contribution >= 4 is 38.9 Å². The summed E-state index contributed by atoms with van der Waals surface area (Å²) in [6, 6.07) is 5.47. The largest absolute Gasteiger partial charge is 0.324 e. The molecule has 0 spiro atoms. The van der Waals surface area contributed by atoms with Crippen molar-refractivity contribution < 1.29 is 4.92 Å². The summed E-state index contributed by atoms with van der Waals surface area (Å²) in [6.07, 6.45) is 4.65. The van der Waals surface area contributed by atoms with Crippen LogP contribution in [0.1, 0.15) is 48.1 Å². The molecule has 3 rings (SSSR count). The van der Waals surface area contributed by atoms with Crippen molar-refractivity contribution in [1.82, 2.24) is 0 Å². The molecule has 2 heterocycles. The molecule has 1 atom stereocenters. The average molecular weight is 374 g/mol. The molecule has 2 aromatic rings. The van der Waals surface area contributed by atoms with Crippen molar-refractivity contribution in [3.8, 4) is 6.07 Å². The molecule has 0 bridgehead atoms. The van der Waals surface area contributed by atoms with E-state index < -0.39 is 4.92 Å². The number of aliphatic imine (C=N–C) groups is 1. The number of hydrogen-bond donors (Lipinski definition) is 0. The second kappa shape index (κ2) is 6.70. The molecule has 5 nitrogen and oxygen atoms in total. The highest BCUT2D eigenvalue weighted by Gasteiger charge is 2.32. The number of fused-ring (bicyclic) bond motifs is 1. The van der Waals surface area contributed by atoms with E-state index in [0.29, 0.717) is 11.5 Å². The summed E-state index contributed by atoms with van der Waals surface area (Å²) < 4.78 is 0. The van der Waals surface area contributed by atoms with Crippen LogP contribution in [0, 0.1) is 32.8 Å². The Morgan fingerprint density at radius 1 is 1.40 bits per heavy atom. The van der Waals surface area contributed by atoms with E-state index in [0.717, 1.165) is 46.0 Å². The van der Waals surface area contributed by atoms with Gasteiger partial charge in [0.2, 0.25) is 0 Å². The quantitative estimate of drug-likeness (QED) is 0.405. The molecule has 0 N–H and O–H groups in total. The molecule has 0 saturated carbocycles. The third-order valence-electron chi connectivity index (χ3n) is 4.68. The summed E-state index contributed by atoms with van der Waals surface area (Å²) in [6.45, 7) is 6.80. The monoisotopic (exact) mass is 373 g/mol. The lowest BCUT2D eigenvalue weighted by atomic mass is 9.72. The lowest BCUT2D eigenvalue weighted by Crippen LogP contribution is -2.26. The van der Waals surface area contributed by atoms with Gasteiger partial charge in [-0.1, -0.05) is 32.1 Å². The Labute approximate surface area is 154 Å². The van der Waals surface area contributed by atoms with Gasteiger partial charge in [0.15, 0.2) is 0 Å². The fourth-order valence-corrected chi connectivity index (χ4v) is 5.06. The van der Waals surface area contributed by atoms with Gasteiger partial charge in [0, 0.05) is 17.2 Å². The number of nitro groups is 1. The highest BCUT2D eigenvalue weighted by Crippen LogP contribution is 2.44. The van der Waals surface area contributed by atoms with Gasteiger partial charge in [-0.05, 0) is 42.2 Å². The lowest BCUT2D eigenvalue weighted by Gasteiger charge is -2.33. The van der Waals surface area contributed by atoms with E-state index in [1.54, 1.807) is 23.6 Å². The standard InChI is InChI=1S/C18H19N3O2S2/c1-18(2,3)11-4-6-13-14(9-19)17(25-15(13)8-11)20-10-12-5-7-16(24-12)21(22)23/h5,7,10-11H,4,6,8H2,1-3H3/b20-10+. The molecule has 0 fully saturated rings. The number of nitriles is 1. The Balaban J connectivity index is 1.88. The van der Waals surface area contributed by atoms with Crippen LogP contribution < -0.4 is 0 Å². The first-order valence-corrected chi connectivity index (χ1v) is 9.76. The summed E-state index contributed by atoms with van der Waals surface area (Å²) in [7, 11) is 0. The normalized spacial score (nSPS) is 17.4.